The van der Waals surface area contributed by atoms with E-state index in [0.717, 1.165) is 26.9 Å². The molecule has 1 aromatic heterocycles. The molecule has 1 heterocycles. The summed E-state index contributed by atoms with van der Waals surface area (Å²) >= 11 is -0.113. The normalized spacial score (nSPS) is 15.4. The van der Waals surface area contributed by atoms with Crippen LogP contribution in [0.2, 0.25) is 0 Å². The molecule has 0 saturated heterocycles. The van der Waals surface area contributed by atoms with E-state index in [1.807, 2.05) is 18.2 Å². The molecule has 0 radical (unpaired) electrons. The summed E-state index contributed by atoms with van der Waals surface area (Å²) in [6.07, 6.45) is 1.95. The first kappa shape index (κ1) is 16.1. The molecule has 1 fully saturated rings. The monoisotopic (exact) mass is 382 g/mol. The molecule has 5 nitrogen and oxygen atoms in total. The molecule has 1 N–H and O–H groups in total. The number of carbonyl (C=O) groups excluding carboxylic acids is 1. The maximum atomic E-state index is 12.5. The maximum absolute atomic E-state index is 12.5. The van der Waals surface area contributed by atoms with E-state index in [-0.39, 0.29) is 32.6 Å². The van der Waals surface area contributed by atoms with Gasteiger partial charge in [0, 0.05) is 0 Å². The number of ketones is 1. The minimum atomic E-state index is -0.854. The first-order chi connectivity index (χ1) is 11.0. The predicted molar refractivity (Wildman–Crippen MR) is 86.8 cm³/mol. The van der Waals surface area contributed by atoms with Gasteiger partial charge in [0.25, 0.3) is 0 Å². The Balaban J connectivity index is 1.87. The van der Waals surface area contributed by atoms with Crippen molar-refractivity contribution < 1.29 is 24.2 Å². The number of aliphatic carboxylic acids is 1. The Morgan fingerprint density at radius 2 is 1.87 bits per heavy atom. The van der Waals surface area contributed by atoms with Gasteiger partial charge in [0.15, 0.2) is 0 Å². The third kappa shape index (κ3) is 3.28. The van der Waals surface area contributed by atoms with Gasteiger partial charge in [-0.3, -0.25) is 0 Å². The van der Waals surface area contributed by atoms with Crippen LogP contribution in [0.1, 0.15) is 28.5 Å². The van der Waals surface area contributed by atoms with E-state index in [1.165, 1.54) is 0 Å². The van der Waals surface area contributed by atoms with Gasteiger partial charge in [-0.25, -0.2) is 0 Å². The fourth-order valence-corrected chi connectivity index (χ4v) is 4.90. The summed E-state index contributed by atoms with van der Waals surface area (Å²) in [5.74, 6) is 0.0248. The van der Waals surface area contributed by atoms with Crippen LogP contribution in [0.5, 0.6) is 11.5 Å². The average Bonchev–Trinajstić information content (AvgIpc) is 3.28. The van der Waals surface area contributed by atoms with Crippen molar-refractivity contribution in [3.8, 4) is 11.5 Å². The first-order valence-electron chi connectivity index (χ1n) is 7.45. The topological polar surface area (TPSA) is 72.8 Å². The number of carboxylic acids is 1. The van der Waals surface area contributed by atoms with Crippen LogP contribution >= 0.6 is 0 Å². The number of ether oxygens (including phenoxy) is 2. The number of carbonyl (C=O) groups is 2. The summed E-state index contributed by atoms with van der Waals surface area (Å²) < 4.78 is 12.4. The molecule has 0 aliphatic heterocycles. The molecule has 6 heteroatoms. The molecule has 122 valence electrons. The molecule has 1 unspecified atom stereocenters. The molecule has 2 aromatic rings. The van der Waals surface area contributed by atoms with Crippen LogP contribution in [0.4, 0.5) is 0 Å². The van der Waals surface area contributed by atoms with E-state index in [9.17, 15) is 14.7 Å². The number of methoxy groups -OCH3 is 2. The minimum absolute atomic E-state index is 0.0431. The number of Topliss-reactive ketones (excluding diaryl/α,β-unsaturated/α-hetero) is 1. The zero-order chi connectivity index (χ0) is 16.6. The van der Waals surface area contributed by atoms with E-state index in [2.05, 4.69) is 0 Å². The fourth-order valence-electron chi connectivity index (χ4n) is 2.76. The number of hydrogen-bond acceptors (Lipinski definition) is 4. The standard InChI is InChI=1S/C17H18O5Se/c1-21-13-5-10-6-16(23-15(10)8-14(13)22-2)12(18)7-11(17(19)20)9-3-4-9/h5-6,8-9,11H,3-4,7H2,1-2H3,(H,19,20). The van der Waals surface area contributed by atoms with E-state index >= 15 is 0 Å². The summed E-state index contributed by atoms with van der Waals surface area (Å²) in [4.78, 5) is 23.8. The second-order valence-electron chi connectivity index (χ2n) is 5.77. The second-order valence-corrected chi connectivity index (χ2v) is 8.04. The van der Waals surface area contributed by atoms with Crippen LogP contribution in [-0.2, 0) is 4.79 Å². The van der Waals surface area contributed by atoms with Gasteiger partial charge in [-0.05, 0) is 0 Å². The van der Waals surface area contributed by atoms with Gasteiger partial charge >= 0.3 is 140 Å². The van der Waals surface area contributed by atoms with Gasteiger partial charge in [-0.15, -0.1) is 0 Å². The van der Waals surface area contributed by atoms with Gasteiger partial charge in [0.2, 0.25) is 0 Å². The van der Waals surface area contributed by atoms with Crippen molar-refractivity contribution in [2.75, 3.05) is 14.2 Å². The summed E-state index contributed by atoms with van der Waals surface area (Å²) in [5.41, 5.74) is 0. The molecule has 1 aromatic carbocycles. The molecular weight excluding hydrogens is 363 g/mol. The number of benzene rings is 1. The van der Waals surface area contributed by atoms with E-state index < -0.39 is 11.9 Å². The third-order valence-corrected chi connectivity index (χ3v) is 6.60. The van der Waals surface area contributed by atoms with Crippen LogP contribution in [0, 0.1) is 11.8 Å². The van der Waals surface area contributed by atoms with Crippen molar-refractivity contribution in [1.82, 2.24) is 0 Å². The Labute approximate surface area is 139 Å². The molecule has 1 saturated carbocycles. The molecule has 1 atom stereocenters. The molecule has 0 bridgehead atoms. The van der Waals surface area contributed by atoms with E-state index in [4.69, 9.17) is 9.47 Å². The molecule has 3 rings (SSSR count). The Morgan fingerprint density at radius 1 is 1.22 bits per heavy atom. The van der Waals surface area contributed by atoms with Crippen molar-refractivity contribution in [3.63, 3.8) is 0 Å². The number of fused-ring (bicyclic) bond motifs is 1. The Kier molecular flexibility index (Phi) is 4.46. The van der Waals surface area contributed by atoms with E-state index in [0.29, 0.717) is 11.5 Å². The molecule has 0 amide bonds. The summed E-state index contributed by atoms with van der Waals surface area (Å²) in [7, 11) is 3.16. The van der Waals surface area contributed by atoms with Crippen LogP contribution in [0.25, 0.3) is 9.65 Å². The fraction of sp³-hybridized carbons (Fsp3) is 0.412. The molecule has 1 aliphatic rings. The van der Waals surface area contributed by atoms with Crippen LogP contribution in [0.15, 0.2) is 18.2 Å². The first-order valence-corrected chi connectivity index (χ1v) is 9.16. The molecule has 23 heavy (non-hydrogen) atoms. The summed E-state index contributed by atoms with van der Waals surface area (Å²) in [6, 6.07) is 5.64. The van der Waals surface area contributed by atoms with Gasteiger partial charge in [0.05, 0.1) is 0 Å². The SMILES string of the molecule is COc1cc2cc(C(=O)CC(C(=O)O)C3CC3)[se]c2cc1OC. The Morgan fingerprint density at radius 3 is 2.43 bits per heavy atom. The van der Waals surface area contributed by atoms with Crippen LogP contribution in [0.3, 0.4) is 0 Å². The number of hydrogen-bond donors (Lipinski definition) is 1. The Bertz CT molecular complexity index is 719. The summed E-state index contributed by atoms with van der Waals surface area (Å²) in [6.45, 7) is 0. The van der Waals surface area contributed by atoms with Gasteiger partial charge in [0.1, 0.15) is 0 Å². The Hall–Kier alpha value is -1.78. The molecule has 1 aliphatic carbocycles. The second kappa shape index (κ2) is 6.38. The zero-order valence-corrected chi connectivity index (χ0v) is 14.7. The van der Waals surface area contributed by atoms with Crippen molar-refractivity contribution in [2.45, 2.75) is 19.3 Å². The van der Waals surface area contributed by atoms with Crippen molar-refractivity contribution >= 4 is 35.9 Å². The number of rotatable bonds is 7. The van der Waals surface area contributed by atoms with Crippen LogP contribution in [-0.4, -0.2) is 45.6 Å². The third-order valence-electron chi connectivity index (χ3n) is 4.21. The number of carboxylic acid groups (broad SMARTS) is 1. The molecular formula is C17H18O5Se. The zero-order valence-electron chi connectivity index (χ0n) is 13.0. The predicted octanol–water partition coefficient (Wildman–Crippen LogP) is 2.60. The van der Waals surface area contributed by atoms with Gasteiger partial charge < -0.3 is 0 Å². The molecule has 0 spiro atoms. The van der Waals surface area contributed by atoms with Crippen molar-refractivity contribution in [3.05, 3.63) is 22.6 Å². The van der Waals surface area contributed by atoms with Crippen molar-refractivity contribution in [1.29, 1.82) is 0 Å². The quantitative estimate of drug-likeness (QED) is 0.590. The van der Waals surface area contributed by atoms with E-state index in [1.54, 1.807) is 14.2 Å². The van der Waals surface area contributed by atoms with Gasteiger partial charge in [-0.2, -0.15) is 0 Å². The summed E-state index contributed by atoms with van der Waals surface area (Å²) in [5, 5.41) is 10.2. The van der Waals surface area contributed by atoms with Crippen LogP contribution < -0.4 is 9.47 Å². The van der Waals surface area contributed by atoms with Gasteiger partial charge in [-0.1, -0.05) is 0 Å². The van der Waals surface area contributed by atoms with Crippen molar-refractivity contribution in [2.24, 2.45) is 11.8 Å². The average molecular weight is 381 g/mol.